The molecule has 0 saturated carbocycles. The summed E-state index contributed by atoms with van der Waals surface area (Å²) in [5.74, 6) is 0. The molecule has 1 N–H and O–H groups in total. The van der Waals surface area contributed by atoms with Crippen LogP contribution in [-0.2, 0) is 9.47 Å². The first-order chi connectivity index (χ1) is 8.47. The molecule has 1 aliphatic rings. The van der Waals surface area contributed by atoms with Crippen LogP contribution in [0, 0.1) is 0 Å². The van der Waals surface area contributed by atoms with E-state index in [9.17, 15) is 0 Å². The SMILES string of the molecule is CCC1(CC)CC(NCCC(C)(C)OC)CCO1. The van der Waals surface area contributed by atoms with Gasteiger partial charge < -0.3 is 14.8 Å². The maximum Gasteiger partial charge on any atom is 0.0692 e. The van der Waals surface area contributed by atoms with E-state index >= 15 is 0 Å². The van der Waals surface area contributed by atoms with Gasteiger partial charge in [-0.1, -0.05) is 13.8 Å². The first-order valence-corrected chi connectivity index (χ1v) is 7.39. The van der Waals surface area contributed by atoms with E-state index in [-0.39, 0.29) is 11.2 Å². The van der Waals surface area contributed by atoms with E-state index in [1.807, 2.05) is 0 Å². The van der Waals surface area contributed by atoms with Crippen molar-refractivity contribution in [1.82, 2.24) is 5.32 Å². The fourth-order valence-electron chi connectivity index (χ4n) is 2.62. The van der Waals surface area contributed by atoms with Crippen molar-refractivity contribution < 1.29 is 9.47 Å². The van der Waals surface area contributed by atoms with Gasteiger partial charge in [0.2, 0.25) is 0 Å². The van der Waals surface area contributed by atoms with Gasteiger partial charge in [0.05, 0.1) is 11.2 Å². The second kappa shape index (κ2) is 6.88. The highest BCUT2D eigenvalue weighted by atomic mass is 16.5. The number of hydrogen-bond acceptors (Lipinski definition) is 3. The Morgan fingerprint density at radius 2 is 2.00 bits per heavy atom. The van der Waals surface area contributed by atoms with Crippen molar-refractivity contribution in [3.8, 4) is 0 Å². The third-order valence-corrected chi connectivity index (χ3v) is 4.49. The lowest BCUT2D eigenvalue weighted by atomic mass is 9.86. The van der Waals surface area contributed by atoms with Crippen LogP contribution in [0.5, 0.6) is 0 Å². The summed E-state index contributed by atoms with van der Waals surface area (Å²) in [6.07, 6.45) is 5.56. The van der Waals surface area contributed by atoms with Crippen LogP contribution in [0.4, 0.5) is 0 Å². The number of nitrogens with one attached hydrogen (secondary N) is 1. The minimum Gasteiger partial charge on any atom is -0.379 e. The van der Waals surface area contributed by atoms with Gasteiger partial charge in [0.1, 0.15) is 0 Å². The third-order valence-electron chi connectivity index (χ3n) is 4.49. The van der Waals surface area contributed by atoms with E-state index in [1.165, 1.54) is 0 Å². The van der Waals surface area contributed by atoms with Crippen LogP contribution in [0.1, 0.15) is 59.8 Å². The number of rotatable bonds is 7. The molecule has 3 nitrogen and oxygen atoms in total. The van der Waals surface area contributed by atoms with Crippen LogP contribution in [-0.4, -0.2) is 37.5 Å². The Hall–Kier alpha value is -0.120. The van der Waals surface area contributed by atoms with Crippen molar-refractivity contribution in [3.05, 3.63) is 0 Å². The summed E-state index contributed by atoms with van der Waals surface area (Å²) in [6.45, 7) is 10.7. The Balaban J connectivity index is 2.35. The van der Waals surface area contributed by atoms with E-state index in [0.29, 0.717) is 6.04 Å². The molecule has 108 valence electrons. The molecule has 1 unspecified atom stereocenters. The van der Waals surface area contributed by atoms with E-state index in [4.69, 9.17) is 9.47 Å². The lowest BCUT2D eigenvalue weighted by Gasteiger charge is -2.40. The van der Waals surface area contributed by atoms with Gasteiger partial charge in [-0.3, -0.25) is 0 Å². The largest absolute Gasteiger partial charge is 0.379 e. The molecule has 1 fully saturated rings. The predicted molar refractivity (Wildman–Crippen MR) is 76.0 cm³/mol. The zero-order valence-electron chi connectivity index (χ0n) is 12.8. The molecule has 0 spiro atoms. The van der Waals surface area contributed by atoms with Gasteiger partial charge in [0, 0.05) is 19.8 Å². The van der Waals surface area contributed by atoms with Gasteiger partial charge in [-0.15, -0.1) is 0 Å². The molecule has 0 amide bonds. The summed E-state index contributed by atoms with van der Waals surface area (Å²) in [5.41, 5.74) is 0.0947. The summed E-state index contributed by atoms with van der Waals surface area (Å²) in [7, 11) is 1.79. The highest BCUT2D eigenvalue weighted by Crippen LogP contribution is 2.31. The minimum absolute atomic E-state index is 0.0230. The maximum atomic E-state index is 6.00. The van der Waals surface area contributed by atoms with Crippen molar-refractivity contribution in [1.29, 1.82) is 0 Å². The molecule has 0 radical (unpaired) electrons. The maximum absolute atomic E-state index is 6.00. The molecule has 1 rings (SSSR count). The summed E-state index contributed by atoms with van der Waals surface area (Å²) < 4.78 is 11.4. The van der Waals surface area contributed by atoms with E-state index in [1.54, 1.807) is 7.11 Å². The molecular weight excluding hydrogens is 226 g/mol. The molecule has 1 heterocycles. The quantitative estimate of drug-likeness (QED) is 0.760. The van der Waals surface area contributed by atoms with Crippen LogP contribution >= 0.6 is 0 Å². The monoisotopic (exact) mass is 257 g/mol. The van der Waals surface area contributed by atoms with E-state index in [0.717, 1.165) is 45.3 Å². The Bertz CT molecular complexity index is 237. The van der Waals surface area contributed by atoms with Crippen LogP contribution in [0.25, 0.3) is 0 Å². The van der Waals surface area contributed by atoms with Crippen molar-refractivity contribution in [2.45, 2.75) is 77.0 Å². The average molecular weight is 257 g/mol. The molecule has 0 aromatic carbocycles. The Morgan fingerprint density at radius 1 is 1.33 bits per heavy atom. The van der Waals surface area contributed by atoms with Crippen molar-refractivity contribution >= 4 is 0 Å². The van der Waals surface area contributed by atoms with Gasteiger partial charge in [-0.25, -0.2) is 0 Å². The minimum atomic E-state index is -0.0230. The summed E-state index contributed by atoms with van der Waals surface area (Å²) in [5, 5.41) is 3.68. The van der Waals surface area contributed by atoms with Gasteiger partial charge >= 0.3 is 0 Å². The van der Waals surface area contributed by atoms with Crippen molar-refractivity contribution in [2.24, 2.45) is 0 Å². The predicted octanol–water partition coefficient (Wildman–Crippen LogP) is 3.13. The second-order valence-electron chi connectivity index (χ2n) is 6.10. The summed E-state index contributed by atoms with van der Waals surface area (Å²) >= 11 is 0. The first kappa shape index (κ1) is 15.9. The second-order valence-corrected chi connectivity index (χ2v) is 6.10. The van der Waals surface area contributed by atoms with E-state index < -0.39 is 0 Å². The number of ether oxygens (including phenoxy) is 2. The normalized spacial score (nSPS) is 24.2. The standard InChI is InChI=1S/C15H31NO2/c1-6-15(7-2)12-13(8-11-18-15)16-10-9-14(3,4)17-5/h13,16H,6-12H2,1-5H3. The molecule has 1 aliphatic heterocycles. The molecule has 1 atom stereocenters. The van der Waals surface area contributed by atoms with Crippen LogP contribution < -0.4 is 5.32 Å². The Morgan fingerprint density at radius 3 is 2.56 bits per heavy atom. The number of methoxy groups -OCH3 is 1. The zero-order valence-corrected chi connectivity index (χ0v) is 12.8. The van der Waals surface area contributed by atoms with Gasteiger partial charge in [-0.05, 0) is 52.5 Å². The zero-order chi connectivity index (χ0) is 13.6. The van der Waals surface area contributed by atoms with Crippen LogP contribution in [0.15, 0.2) is 0 Å². The van der Waals surface area contributed by atoms with Gasteiger partial charge in [0.25, 0.3) is 0 Å². The molecule has 3 heteroatoms. The smallest absolute Gasteiger partial charge is 0.0692 e. The highest BCUT2D eigenvalue weighted by molar-refractivity contribution is 4.88. The third kappa shape index (κ3) is 4.52. The average Bonchev–Trinajstić information content (AvgIpc) is 2.39. The van der Waals surface area contributed by atoms with Crippen molar-refractivity contribution in [3.63, 3.8) is 0 Å². The lowest BCUT2D eigenvalue weighted by molar-refractivity contribution is -0.0934. The van der Waals surface area contributed by atoms with E-state index in [2.05, 4.69) is 33.0 Å². The summed E-state index contributed by atoms with van der Waals surface area (Å²) in [6, 6.07) is 0.603. The van der Waals surface area contributed by atoms with Gasteiger partial charge in [-0.2, -0.15) is 0 Å². The molecule has 0 aromatic heterocycles. The first-order valence-electron chi connectivity index (χ1n) is 7.39. The molecule has 0 aliphatic carbocycles. The van der Waals surface area contributed by atoms with Crippen LogP contribution in [0.3, 0.4) is 0 Å². The van der Waals surface area contributed by atoms with Gasteiger partial charge in [0.15, 0.2) is 0 Å². The number of hydrogen-bond donors (Lipinski definition) is 1. The molecular formula is C15H31NO2. The topological polar surface area (TPSA) is 30.5 Å². The highest BCUT2D eigenvalue weighted by Gasteiger charge is 2.34. The fraction of sp³-hybridized carbons (Fsp3) is 1.00. The fourth-order valence-corrected chi connectivity index (χ4v) is 2.62. The Kier molecular flexibility index (Phi) is 6.09. The summed E-state index contributed by atoms with van der Waals surface area (Å²) in [4.78, 5) is 0. The molecule has 18 heavy (non-hydrogen) atoms. The Labute approximate surface area is 113 Å². The van der Waals surface area contributed by atoms with Crippen LogP contribution in [0.2, 0.25) is 0 Å². The lowest BCUT2D eigenvalue weighted by Crippen LogP contribution is -2.47. The molecule has 1 saturated heterocycles. The molecule has 0 aromatic rings. The molecule has 0 bridgehead atoms. The van der Waals surface area contributed by atoms with Crippen molar-refractivity contribution in [2.75, 3.05) is 20.3 Å².